The van der Waals surface area contributed by atoms with Crippen LogP contribution in [0.25, 0.3) is 0 Å². The standard InChI is InChI=1S/C12H15BrO4/c13-6-5-10(14)12(17)9-3-1-8(2-4-9)7-11(15)16/h1-4,10,12,14,17H,5-7H2,(H,15,16). The molecule has 1 aromatic carbocycles. The molecule has 0 aliphatic carbocycles. The molecule has 0 radical (unpaired) electrons. The van der Waals surface area contributed by atoms with E-state index in [1.807, 2.05) is 0 Å². The Bertz CT molecular complexity index is 363. The molecular weight excluding hydrogens is 288 g/mol. The van der Waals surface area contributed by atoms with Crippen LogP contribution in [0, 0.1) is 0 Å². The summed E-state index contributed by atoms with van der Waals surface area (Å²) < 4.78 is 0. The van der Waals surface area contributed by atoms with Crippen LogP contribution in [0.5, 0.6) is 0 Å². The average Bonchev–Trinajstić information content (AvgIpc) is 2.28. The summed E-state index contributed by atoms with van der Waals surface area (Å²) in [7, 11) is 0. The molecule has 2 atom stereocenters. The van der Waals surface area contributed by atoms with E-state index >= 15 is 0 Å². The van der Waals surface area contributed by atoms with Crippen LogP contribution in [0.4, 0.5) is 0 Å². The summed E-state index contributed by atoms with van der Waals surface area (Å²) in [6.45, 7) is 0. The minimum atomic E-state index is -0.938. The molecule has 0 heterocycles. The fraction of sp³-hybridized carbons (Fsp3) is 0.417. The summed E-state index contributed by atoms with van der Waals surface area (Å²) in [5.74, 6) is -0.891. The van der Waals surface area contributed by atoms with Gasteiger partial charge in [0.1, 0.15) is 6.10 Å². The quantitative estimate of drug-likeness (QED) is 0.696. The summed E-state index contributed by atoms with van der Waals surface area (Å²) >= 11 is 3.19. The fourth-order valence-corrected chi connectivity index (χ4v) is 1.97. The van der Waals surface area contributed by atoms with Crippen molar-refractivity contribution < 1.29 is 20.1 Å². The number of hydrogen-bond donors (Lipinski definition) is 3. The van der Waals surface area contributed by atoms with E-state index in [4.69, 9.17) is 5.11 Å². The summed E-state index contributed by atoms with van der Waals surface area (Å²) in [6.07, 6.45) is -1.34. The van der Waals surface area contributed by atoms with E-state index < -0.39 is 18.2 Å². The summed E-state index contributed by atoms with van der Waals surface area (Å²) in [5, 5.41) is 28.6. The van der Waals surface area contributed by atoms with E-state index in [9.17, 15) is 15.0 Å². The molecule has 0 aliphatic heterocycles. The predicted molar refractivity (Wildman–Crippen MR) is 67.2 cm³/mol. The molecule has 0 aliphatic rings. The Balaban J connectivity index is 2.69. The molecule has 1 aromatic rings. The van der Waals surface area contributed by atoms with Gasteiger partial charge in [0.05, 0.1) is 12.5 Å². The topological polar surface area (TPSA) is 77.8 Å². The number of aliphatic carboxylic acids is 1. The van der Waals surface area contributed by atoms with Gasteiger partial charge >= 0.3 is 5.97 Å². The molecule has 0 fully saturated rings. The number of aliphatic hydroxyl groups is 2. The van der Waals surface area contributed by atoms with Gasteiger partial charge in [0, 0.05) is 5.33 Å². The van der Waals surface area contributed by atoms with Crippen molar-refractivity contribution in [3.05, 3.63) is 35.4 Å². The third-order valence-electron chi connectivity index (χ3n) is 2.45. The number of rotatable bonds is 6. The van der Waals surface area contributed by atoms with Crippen LogP contribution in [-0.2, 0) is 11.2 Å². The van der Waals surface area contributed by atoms with Crippen LogP contribution in [0.1, 0.15) is 23.7 Å². The Morgan fingerprint density at radius 3 is 2.29 bits per heavy atom. The fourth-order valence-electron chi connectivity index (χ4n) is 1.50. The molecule has 0 bridgehead atoms. The molecule has 2 unspecified atom stereocenters. The van der Waals surface area contributed by atoms with E-state index in [1.54, 1.807) is 24.3 Å². The summed E-state index contributed by atoms with van der Waals surface area (Å²) in [5.41, 5.74) is 1.26. The molecule has 94 valence electrons. The second kappa shape index (κ2) is 6.74. The van der Waals surface area contributed by atoms with Gasteiger partial charge in [0.25, 0.3) is 0 Å². The van der Waals surface area contributed by atoms with Crippen molar-refractivity contribution in [3.8, 4) is 0 Å². The Morgan fingerprint density at radius 1 is 1.24 bits per heavy atom. The van der Waals surface area contributed by atoms with Crippen molar-refractivity contribution in [1.29, 1.82) is 0 Å². The molecule has 0 aromatic heterocycles. The van der Waals surface area contributed by atoms with Crippen molar-refractivity contribution in [3.63, 3.8) is 0 Å². The Hall–Kier alpha value is -0.910. The van der Waals surface area contributed by atoms with Gasteiger partial charge in [-0.25, -0.2) is 0 Å². The minimum absolute atomic E-state index is 0.0413. The lowest BCUT2D eigenvalue weighted by atomic mass is 10.0. The zero-order chi connectivity index (χ0) is 12.8. The van der Waals surface area contributed by atoms with Crippen LogP contribution in [0.15, 0.2) is 24.3 Å². The highest BCUT2D eigenvalue weighted by Gasteiger charge is 2.17. The van der Waals surface area contributed by atoms with Crippen LogP contribution in [-0.4, -0.2) is 32.7 Å². The number of carbonyl (C=O) groups is 1. The molecule has 0 amide bonds. The van der Waals surface area contributed by atoms with Crippen molar-refractivity contribution in [1.82, 2.24) is 0 Å². The molecule has 1 rings (SSSR count). The zero-order valence-electron chi connectivity index (χ0n) is 9.21. The van der Waals surface area contributed by atoms with Gasteiger partial charge < -0.3 is 15.3 Å². The number of carboxylic acid groups (broad SMARTS) is 1. The summed E-state index contributed by atoms with van der Waals surface area (Å²) in [4.78, 5) is 10.5. The highest BCUT2D eigenvalue weighted by molar-refractivity contribution is 9.09. The van der Waals surface area contributed by atoms with Gasteiger partial charge in [0.15, 0.2) is 0 Å². The van der Waals surface area contributed by atoms with Crippen LogP contribution >= 0.6 is 15.9 Å². The number of benzene rings is 1. The Kier molecular flexibility index (Phi) is 5.61. The van der Waals surface area contributed by atoms with E-state index in [1.165, 1.54) is 0 Å². The highest BCUT2D eigenvalue weighted by Crippen LogP contribution is 2.20. The van der Waals surface area contributed by atoms with E-state index in [0.717, 1.165) is 0 Å². The third kappa shape index (κ3) is 4.46. The van der Waals surface area contributed by atoms with E-state index in [2.05, 4.69) is 15.9 Å². The van der Waals surface area contributed by atoms with Gasteiger partial charge in [-0.2, -0.15) is 0 Å². The molecule has 4 nitrogen and oxygen atoms in total. The maximum Gasteiger partial charge on any atom is 0.307 e. The predicted octanol–water partition coefficient (Wildman–Crippen LogP) is 1.49. The number of alkyl halides is 1. The first-order valence-corrected chi connectivity index (χ1v) is 6.39. The van der Waals surface area contributed by atoms with Crippen molar-refractivity contribution in [2.75, 3.05) is 5.33 Å². The van der Waals surface area contributed by atoms with Crippen LogP contribution < -0.4 is 0 Å². The molecule has 0 saturated carbocycles. The first-order valence-electron chi connectivity index (χ1n) is 5.27. The van der Waals surface area contributed by atoms with Gasteiger partial charge in [-0.15, -0.1) is 0 Å². The molecular formula is C12H15BrO4. The third-order valence-corrected chi connectivity index (χ3v) is 2.90. The van der Waals surface area contributed by atoms with Crippen molar-refractivity contribution in [2.45, 2.75) is 25.0 Å². The maximum atomic E-state index is 10.5. The Morgan fingerprint density at radius 2 is 1.82 bits per heavy atom. The SMILES string of the molecule is O=C(O)Cc1ccc(C(O)C(O)CCBr)cc1. The van der Waals surface area contributed by atoms with Crippen LogP contribution in [0.3, 0.4) is 0 Å². The lowest BCUT2D eigenvalue weighted by Gasteiger charge is -2.17. The Labute approximate surface area is 108 Å². The molecule has 17 heavy (non-hydrogen) atoms. The lowest BCUT2D eigenvalue weighted by molar-refractivity contribution is -0.136. The minimum Gasteiger partial charge on any atom is -0.481 e. The molecule has 5 heteroatoms. The highest BCUT2D eigenvalue weighted by atomic mass is 79.9. The van der Waals surface area contributed by atoms with Crippen LogP contribution in [0.2, 0.25) is 0 Å². The van der Waals surface area contributed by atoms with E-state index in [0.29, 0.717) is 22.9 Å². The number of aliphatic hydroxyl groups excluding tert-OH is 2. The molecule has 3 N–H and O–H groups in total. The monoisotopic (exact) mass is 302 g/mol. The van der Waals surface area contributed by atoms with E-state index in [-0.39, 0.29) is 6.42 Å². The van der Waals surface area contributed by atoms with Gasteiger partial charge in [-0.05, 0) is 17.5 Å². The van der Waals surface area contributed by atoms with Gasteiger partial charge in [0.2, 0.25) is 0 Å². The molecule has 0 saturated heterocycles. The van der Waals surface area contributed by atoms with Crippen molar-refractivity contribution in [2.24, 2.45) is 0 Å². The second-order valence-corrected chi connectivity index (χ2v) is 4.59. The number of carboxylic acids is 1. The summed E-state index contributed by atoms with van der Waals surface area (Å²) in [6, 6.07) is 6.57. The normalized spacial score (nSPS) is 14.3. The van der Waals surface area contributed by atoms with Gasteiger partial charge in [-0.3, -0.25) is 4.79 Å². The maximum absolute atomic E-state index is 10.5. The van der Waals surface area contributed by atoms with Gasteiger partial charge in [-0.1, -0.05) is 40.2 Å². The number of halogens is 1. The molecule has 0 spiro atoms. The lowest BCUT2D eigenvalue weighted by Crippen LogP contribution is -2.18. The zero-order valence-corrected chi connectivity index (χ0v) is 10.8. The smallest absolute Gasteiger partial charge is 0.307 e. The van der Waals surface area contributed by atoms with Crippen molar-refractivity contribution >= 4 is 21.9 Å². The average molecular weight is 303 g/mol. The second-order valence-electron chi connectivity index (χ2n) is 3.80. The first-order chi connectivity index (χ1) is 8.04. The largest absolute Gasteiger partial charge is 0.481 e. The number of hydrogen-bond acceptors (Lipinski definition) is 3. The first kappa shape index (κ1) is 14.2.